The summed E-state index contributed by atoms with van der Waals surface area (Å²) >= 11 is 0. The van der Waals surface area contributed by atoms with Gasteiger partial charge in [0, 0.05) is 36.2 Å². The molecule has 4 atom stereocenters. The number of carbonyl (C=O) groups is 1. The van der Waals surface area contributed by atoms with Gasteiger partial charge in [-0.1, -0.05) is 18.1 Å². The first kappa shape index (κ1) is 19.4. The first-order chi connectivity index (χ1) is 15.2. The highest BCUT2D eigenvalue weighted by Crippen LogP contribution is 2.45. The lowest BCUT2D eigenvalue weighted by Crippen LogP contribution is -2.60. The Kier molecular flexibility index (Phi) is 4.82. The highest BCUT2D eigenvalue weighted by atomic mass is 16.5. The van der Waals surface area contributed by atoms with E-state index < -0.39 is 0 Å². The molecule has 4 aliphatic rings. The summed E-state index contributed by atoms with van der Waals surface area (Å²) in [5.74, 6) is 2.44. The molecule has 3 aliphatic heterocycles. The van der Waals surface area contributed by atoms with Gasteiger partial charge in [0.2, 0.25) is 5.91 Å². The summed E-state index contributed by atoms with van der Waals surface area (Å²) in [6.45, 7) is 3.75. The van der Waals surface area contributed by atoms with Crippen molar-refractivity contribution in [3.8, 4) is 5.75 Å². The second-order valence-electron chi connectivity index (χ2n) is 9.96. The van der Waals surface area contributed by atoms with Crippen molar-refractivity contribution in [1.82, 2.24) is 14.4 Å². The van der Waals surface area contributed by atoms with Crippen LogP contribution >= 0.6 is 0 Å². The molecule has 3 fully saturated rings. The average molecular weight is 420 g/mol. The van der Waals surface area contributed by atoms with Crippen molar-refractivity contribution in [3.05, 3.63) is 42.1 Å². The van der Waals surface area contributed by atoms with E-state index in [2.05, 4.69) is 32.6 Å². The number of aromatic nitrogens is 1. The minimum Gasteiger partial charge on any atom is -0.497 e. The zero-order valence-electron chi connectivity index (χ0n) is 18.5. The fourth-order valence-corrected chi connectivity index (χ4v) is 6.93. The minimum atomic E-state index is 0.267. The van der Waals surface area contributed by atoms with Gasteiger partial charge in [-0.05, 0) is 74.8 Å². The topological polar surface area (TPSA) is 37.7 Å². The lowest BCUT2D eigenvalue weighted by atomic mass is 9.68. The molecule has 31 heavy (non-hydrogen) atoms. The van der Waals surface area contributed by atoms with Gasteiger partial charge in [-0.15, -0.1) is 0 Å². The Morgan fingerprint density at radius 1 is 1.16 bits per heavy atom. The average Bonchev–Trinajstić information content (AvgIpc) is 3.20. The largest absolute Gasteiger partial charge is 0.497 e. The predicted octanol–water partition coefficient (Wildman–Crippen LogP) is 4.07. The van der Waals surface area contributed by atoms with Gasteiger partial charge in [-0.3, -0.25) is 9.69 Å². The Labute approximate surface area is 184 Å². The van der Waals surface area contributed by atoms with Crippen molar-refractivity contribution in [2.45, 2.75) is 57.2 Å². The molecule has 1 amide bonds. The van der Waals surface area contributed by atoms with Crippen LogP contribution in [-0.4, -0.2) is 59.1 Å². The standard InChI is InChI=1S/C26H33N3O2/c1-31-22-7-8-24-18(15-22)9-12-28(24)17-25(30)29-11-4-5-19-13-20-14-21(26(19)29)16-27-10-3-2-6-23(20)27/h7-9,12-13,15,20-21,23,26H,2-6,10-11,14,16-17H2,1H3/t20-,21+,23+,26+/m0/s1. The van der Waals surface area contributed by atoms with E-state index in [0.29, 0.717) is 24.4 Å². The number of nitrogens with zero attached hydrogens (tertiary/aromatic N) is 3. The third kappa shape index (κ3) is 3.29. The summed E-state index contributed by atoms with van der Waals surface area (Å²) in [5.41, 5.74) is 2.66. The van der Waals surface area contributed by atoms with Crippen molar-refractivity contribution in [2.75, 3.05) is 26.7 Å². The van der Waals surface area contributed by atoms with Gasteiger partial charge in [0.05, 0.1) is 13.2 Å². The van der Waals surface area contributed by atoms with E-state index in [1.165, 1.54) is 45.2 Å². The molecule has 5 nitrogen and oxygen atoms in total. The molecule has 1 aromatic carbocycles. The van der Waals surface area contributed by atoms with E-state index in [1.54, 1.807) is 12.7 Å². The quantitative estimate of drug-likeness (QED) is 0.704. The molecule has 6 rings (SSSR count). The van der Waals surface area contributed by atoms with Crippen LogP contribution in [0, 0.1) is 11.8 Å². The van der Waals surface area contributed by atoms with Crippen LogP contribution < -0.4 is 4.74 Å². The lowest BCUT2D eigenvalue weighted by molar-refractivity contribution is -0.136. The number of likely N-dealkylation sites (tertiary alicyclic amines) is 1. The molecule has 0 unspecified atom stereocenters. The molecule has 0 saturated carbocycles. The molecule has 0 radical (unpaired) electrons. The number of methoxy groups -OCH3 is 1. The number of hydrogen-bond donors (Lipinski definition) is 0. The molecular formula is C26H33N3O2. The lowest BCUT2D eigenvalue weighted by Gasteiger charge is -2.54. The van der Waals surface area contributed by atoms with Crippen molar-refractivity contribution < 1.29 is 9.53 Å². The van der Waals surface area contributed by atoms with Gasteiger partial charge in [0.1, 0.15) is 12.3 Å². The van der Waals surface area contributed by atoms with Gasteiger partial charge in [0.15, 0.2) is 0 Å². The number of fused-ring (bicyclic) bond motifs is 7. The predicted molar refractivity (Wildman–Crippen MR) is 122 cm³/mol. The summed E-state index contributed by atoms with van der Waals surface area (Å²) in [6.07, 6.45) is 12.3. The summed E-state index contributed by atoms with van der Waals surface area (Å²) in [6, 6.07) is 9.23. The second kappa shape index (κ2) is 7.70. The van der Waals surface area contributed by atoms with Crippen LogP contribution in [0.15, 0.2) is 42.1 Å². The maximum Gasteiger partial charge on any atom is 0.243 e. The molecule has 164 valence electrons. The van der Waals surface area contributed by atoms with Crippen LogP contribution in [0.3, 0.4) is 0 Å². The number of piperidine rings is 3. The molecule has 4 heterocycles. The van der Waals surface area contributed by atoms with Crippen LogP contribution in [0.4, 0.5) is 0 Å². The maximum atomic E-state index is 13.6. The number of benzene rings is 1. The number of hydrogen-bond acceptors (Lipinski definition) is 3. The van der Waals surface area contributed by atoms with E-state index >= 15 is 0 Å². The number of carbonyl (C=O) groups excluding carboxylic acids is 1. The highest BCUT2D eigenvalue weighted by molar-refractivity contribution is 5.84. The molecular weight excluding hydrogens is 386 g/mol. The van der Waals surface area contributed by atoms with Crippen LogP contribution in [0.1, 0.15) is 38.5 Å². The SMILES string of the molecule is COc1ccc2c(ccn2CC(=O)N2CCCC3=C[C@H]4C[C@H](CN5CCCC[C@H]45)[C@@H]32)c1. The van der Waals surface area contributed by atoms with Crippen LogP contribution in [0.5, 0.6) is 5.75 Å². The Morgan fingerprint density at radius 2 is 2.10 bits per heavy atom. The first-order valence-electron chi connectivity index (χ1n) is 12.1. The van der Waals surface area contributed by atoms with Crippen molar-refractivity contribution in [3.63, 3.8) is 0 Å². The molecule has 0 spiro atoms. The highest BCUT2D eigenvalue weighted by Gasteiger charge is 2.46. The summed E-state index contributed by atoms with van der Waals surface area (Å²) < 4.78 is 7.45. The number of amides is 1. The Hall–Kier alpha value is -2.27. The van der Waals surface area contributed by atoms with Gasteiger partial charge in [-0.25, -0.2) is 0 Å². The third-order valence-corrected chi connectivity index (χ3v) is 8.26. The fourth-order valence-electron chi connectivity index (χ4n) is 6.93. The zero-order valence-corrected chi connectivity index (χ0v) is 18.5. The zero-order chi connectivity index (χ0) is 20.9. The Morgan fingerprint density at radius 3 is 3.00 bits per heavy atom. The van der Waals surface area contributed by atoms with Gasteiger partial charge >= 0.3 is 0 Å². The maximum absolute atomic E-state index is 13.6. The molecule has 1 aliphatic carbocycles. The molecule has 0 N–H and O–H groups in total. The van der Waals surface area contributed by atoms with E-state index in [4.69, 9.17) is 4.74 Å². The van der Waals surface area contributed by atoms with E-state index in [-0.39, 0.29) is 5.91 Å². The smallest absolute Gasteiger partial charge is 0.243 e. The van der Waals surface area contributed by atoms with Crippen LogP contribution in [-0.2, 0) is 11.3 Å². The number of ether oxygens (including phenoxy) is 1. The Bertz CT molecular complexity index is 1020. The molecule has 3 saturated heterocycles. The summed E-state index contributed by atoms with van der Waals surface area (Å²) in [4.78, 5) is 18.6. The summed E-state index contributed by atoms with van der Waals surface area (Å²) in [7, 11) is 1.69. The first-order valence-corrected chi connectivity index (χ1v) is 12.1. The number of rotatable bonds is 3. The monoisotopic (exact) mass is 419 g/mol. The summed E-state index contributed by atoms with van der Waals surface area (Å²) in [5, 5.41) is 1.12. The van der Waals surface area contributed by atoms with Crippen molar-refractivity contribution >= 4 is 16.8 Å². The van der Waals surface area contributed by atoms with E-state index in [9.17, 15) is 4.79 Å². The minimum absolute atomic E-state index is 0.267. The molecule has 2 aromatic rings. The van der Waals surface area contributed by atoms with E-state index in [1.807, 2.05) is 18.3 Å². The molecule has 1 aromatic heterocycles. The van der Waals surface area contributed by atoms with E-state index in [0.717, 1.165) is 35.7 Å². The van der Waals surface area contributed by atoms with Gasteiger partial charge in [-0.2, -0.15) is 0 Å². The second-order valence-corrected chi connectivity index (χ2v) is 9.96. The van der Waals surface area contributed by atoms with Gasteiger partial charge in [0.25, 0.3) is 0 Å². The normalized spacial score (nSPS) is 30.5. The molecule has 2 bridgehead atoms. The fraction of sp³-hybridized carbons (Fsp3) is 0.577. The Balaban J connectivity index is 1.25. The van der Waals surface area contributed by atoms with Gasteiger partial charge < -0.3 is 14.2 Å². The molecule has 5 heteroatoms. The van der Waals surface area contributed by atoms with Crippen LogP contribution in [0.2, 0.25) is 0 Å². The van der Waals surface area contributed by atoms with Crippen molar-refractivity contribution in [2.24, 2.45) is 11.8 Å². The van der Waals surface area contributed by atoms with Crippen LogP contribution in [0.25, 0.3) is 10.9 Å². The third-order valence-electron chi connectivity index (χ3n) is 8.26. The van der Waals surface area contributed by atoms with Crippen molar-refractivity contribution in [1.29, 1.82) is 0 Å².